The number of halogens is 2. The first-order valence-electron chi connectivity index (χ1n) is 1.85. The van der Waals surface area contributed by atoms with Gasteiger partial charge in [-0.05, 0) is 21.0 Å². The van der Waals surface area contributed by atoms with E-state index in [9.17, 15) is 0 Å². The standard InChI is InChI=1S/C4H8Cl2N/c1-4(5,6)7(2)3/h1H2,2-3H3. The zero-order chi connectivity index (χ0) is 6.08. The molecule has 0 heterocycles. The predicted octanol–water partition coefficient (Wildman–Crippen LogP) is 1.51. The molecule has 0 aromatic heterocycles. The van der Waals surface area contributed by atoms with Gasteiger partial charge >= 0.3 is 0 Å². The second-order valence-electron chi connectivity index (χ2n) is 1.56. The molecule has 0 bridgehead atoms. The molecule has 0 spiro atoms. The maximum Gasteiger partial charge on any atom is 0.171 e. The van der Waals surface area contributed by atoms with E-state index >= 15 is 0 Å². The van der Waals surface area contributed by atoms with Gasteiger partial charge in [-0.3, -0.25) is 4.90 Å². The van der Waals surface area contributed by atoms with Gasteiger partial charge in [0.25, 0.3) is 0 Å². The van der Waals surface area contributed by atoms with Gasteiger partial charge in [0.15, 0.2) is 4.46 Å². The largest absolute Gasteiger partial charge is 0.279 e. The van der Waals surface area contributed by atoms with E-state index in [1.807, 2.05) is 0 Å². The van der Waals surface area contributed by atoms with Crippen molar-refractivity contribution in [3.05, 3.63) is 6.92 Å². The smallest absolute Gasteiger partial charge is 0.171 e. The Labute approximate surface area is 54.2 Å². The highest BCUT2D eigenvalue weighted by Crippen LogP contribution is 2.20. The topological polar surface area (TPSA) is 3.24 Å². The fourth-order valence-electron chi connectivity index (χ4n) is 0. The highest BCUT2D eigenvalue weighted by atomic mass is 35.5. The zero-order valence-corrected chi connectivity index (χ0v) is 5.92. The number of alkyl halides is 2. The molecule has 0 atom stereocenters. The quantitative estimate of drug-likeness (QED) is 0.395. The lowest BCUT2D eigenvalue weighted by atomic mass is 10.7. The van der Waals surface area contributed by atoms with Gasteiger partial charge in [0, 0.05) is 0 Å². The van der Waals surface area contributed by atoms with Crippen molar-refractivity contribution in [3.63, 3.8) is 0 Å². The second-order valence-corrected chi connectivity index (χ2v) is 3.00. The average Bonchev–Trinajstić information content (AvgIpc) is 1.31. The summed E-state index contributed by atoms with van der Waals surface area (Å²) in [4.78, 5) is 1.61. The molecule has 0 fully saturated rings. The Bertz CT molecular complexity index is 55.2. The SMILES string of the molecule is [CH2]C(Cl)(Cl)N(C)C. The molecule has 7 heavy (non-hydrogen) atoms. The number of nitrogens with zero attached hydrogens (tertiary/aromatic N) is 1. The summed E-state index contributed by atoms with van der Waals surface area (Å²) in [6, 6.07) is 0. The predicted molar refractivity (Wildman–Crippen MR) is 33.5 cm³/mol. The van der Waals surface area contributed by atoms with E-state index in [0.717, 1.165) is 0 Å². The van der Waals surface area contributed by atoms with Crippen LogP contribution >= 0.6 is 23.2 Å². The fraction of sp³-hybridized carbons (Fsp3) is 0.750. The molecule has 0 N–H and O–H groups in total. The zero-order valence-electron chi connectivity index (χ0n) is 4.41. The molecule has 0 saturated carbocycles. The highest BCUT2D eigenvalue weighted by molar-refractivity contribution is 6.48. The monoisotopic (exact) mass is 140 g/mol. The van der Waals surface area contributed by atoms with Crippen molar-refractivity contribution in [1.29, 1.82) is 0 Å². The molecule has 1 nitrogen and oxygen atoms in total. The van der Waals surface area contributed by atoms with E-state index in [-0.39, 0.29) is 0 Å². The minimum absolute atomic E-state index is 0.972. The van der Waals surface area contributed by atoms with Crippen LogP contribution in [0.25, 0.3) is 0 Å². The van der Waals surface area contributed by atoms with Crippen LogP contribution in [0, 0.1) is 6.92 Å². The lowest BCUT2D eigenvalue weighted by molar-refractivity contribution is 0.384. The third-order valence-electron chi connectivity index (χ3n) is 0.654. The Hall–Kier alpha value is 0.540. The Morgan fingerprint density at radius 3 is 1.57 bits per heavy atom. The minimum atomic E-state index is -0.972. The number of rotatable bonds is 1. The molecule has 3 heteroatoms. The minimum Gasteiger partial charge on any atom is -0.279 e. The van der Waals surface area contributed by atoms with Crippen LogP contribution in [0.3, 0.4) is 0 Å². The third kappa shape index (κ3) is 3.15. The van der Waals surface area contributed by atoms with Gasteiger partial charge in [-0.2, -0.15) is 0 Å². The summed E-state index contributed by atoms with van der Waals surface area (Å²) >= 11 is 10.9. The maximum atomic E-state index is 5.45. The van der Waals surface area contributed by atoms with Crippen molar-refractivity contribution in [3.8, 4) is 0 Å². The van der Waals surface area contributed by atoms with Crippen LogP contribution < -0.4 is 0 Å². The van der Waals surface area contributed by atoms with E-state index in [0.29, 0.717) is 0 Å². The second kappa shape index (κ2) is 2.21. The Morgan fingerprint density at radius 2 is 1.57 bits per heavy atom. The van der Waals surface area contributed by atoms with Crippen LogP contribution in [-0.4, -0.2) is 23.5 Å². The van der Waals surface area contributed by atoms with Crippen LogP contribution in [-0.2, 0) is 0 Å². The van der Waals surface area contributed by atoms with Gasteiger partial charge in [0.05, 0.1) is 0 Å². The molecule has 43 valence electrons. The summed E-state index contributed by atoms with van der Waals surface area (Å²) in [6.07, 6.45) is 0. The van der Waals surface area contributed by atoms with E-state index in [4.69, 9.17) is 23.2 Å². The Balaban J connectivity index is 3.54. The summed E-state index contributed by atoms with van der Waals surface area (Å²) in [7, 11) is 3.51. The van der Waals surface area contributed by atoms with Crippen molar-refractivity contribution < 1.29 is 0 Å². The highest BCUT2D eigenvalue weighted by Gasteiger charge is 2.17. The molecule has 1 radical (unpaired) electrons. The van der Waals surface area contributed by atoms with Gasteiger partial charge in [-0.1, -0.05) is 23.2 Å². The van der Waals surface area contributed by atoms with Crippen molar-refractivity contribution in [2.75, 3.05) is 14.1 Å². The Kier molecular flexibility index (Phi) is 2.38. The molecule has 0 saturated heterocycles. The molecule has 0 aliphatic heterocycles. The van der Waals surface area contributed by atoms with Crippen molar-refractivity contribution >= 4 is 23.2 Å². The van der Waals surface area contributed by atoms with Crippen molar-refractivity contribution in [2.45, 2.75) is 4.46 Å². The molecule has 0 amide bonds. The molecule has 0 aromatic carbocycles. The third-order valence-corrected chi connectivity index (χ3v) is 1.33. The first-order chi connectivity index (χ1) is 2.94. The van der Waals surface area contributed by atoms with E-state index in [2.05, 4.69) is 6.92 Å². The number of hydrogen-bond acceptors (Lipinski definition) is 1. The van der Waals surface area contributed by atoms with E-state index < -0.39 is 4.46 Å². The van der Waals surface area contributed by atoms with Crippen LogP contribution in [0.4, 0.5) is 0 Å². The summed E-state index contributed by atoms with van der Waals surface area (Å²) in [6.45, 7) is 3.43. The molecule has 0 aromatic rings. The number of hydrogen-bond donors (Lipinski definition) is 0. The van der Waals surface area contributed by atoms with Crippen LogP contribution in [0.15, 0.2) is 0 Å². The molecule has 0 aliphatic rings. The van der Waals surface area contributed by atoms with Crippen LogP contribution in [0.1, 0.15) is 0 Å². The first kappa shape index (κ1) is 7.54. The van der Waals surface area contributed by atoms with E-state index in [1.165, 1.54) is 0 Å². The lowest BCUT2D eigenvalue weighted by Crippen LogP contribution is -2.29. The van der Waals surface area contributed by atoms with Crippen LogP contribution in [0.2, 0.25) is 0 Å². The van der Waals surface area contributed by atoms with Gasteiger partial charge in [0.1, 0.15) is 0 Å². The average molecular weight is 141 g/mol. The summed E-state index contributed by atoms with van der Waals surface area (Å²) in [5.74, 6) is 0. The van der Waals surface area contributed by atoms with Crippen LogP contribution in [0.5, 0.6) is 0 Å². The fourth-order valence-corrected chi connectivity index (χ4v) is 0. The Morgan fingerprint density at radius 1 is 1.43 bits per heavy atom. The summed E-state index contributed by atoms with van der Waals surface area (Å²) in [5.41, 5.74) is 0. The van der Waals surface area contributed by atoms with Crippen molar-refractivity contribution in [2.24, 2.45) is 0 Å². The molecule has 0 rings (SSSR count). The van der Waals surface area contributed by atoms with Gasteiger partial charge in [-0.25, -0.2) is 0 Å². The molecule has 0 unspecified atom stereocenters. The van der Waals surface area contributed by atoms with Gasteiger partial charge < -0.3 is 0 Å². The molecule has 0 aliphatic carbocycles. The maximum absolute atomic E-state index is 5.45. The lowest BCUT2D eigenvalue weighted by Gasteiger charge is -2.21. The van der Waals surface area contributed by atoms with E-state index in [1.54, 1.807) is 19.0 Å². The normalized spacial score (nSPS) is 12.9. The summed E-state index contributed by atoms with van der Waals surface area (Å²) < 4.78 is -0.972. The van der Waals surface area contributed by atoms with Crippen molar-refractivity contribution in [1.82, 2.24) is 4.90 Å². The first-order valence-corrected chi connectivity index (χ1v) is 2.61. The van der Waals surface area contributed by atoms with Gasteiger partial charge in [0.2, 0.25) is 0 Å². The summed E-state index contributed by atoms with van der Waals surface area (Å²) in [5, 5.41) is 0. The molecular formula is C4H8Cl2N. The van der Waals surface area contributed by atoms with Gasteiger partial charge in [-0.15, -0.1) is 0 Å². The molecular weight excluding hydrogens is 133 g/mol.